The number of methoxy groups -OCH3 is 1. The number of nitrogens with zero attached hydrogens (tertiary/aromatic N) is 1. The Morgan fingerprint density at radius 3 is 2.71 bits per heavy atom. The molecule has 0 aliphatic carbocycles. The molecule has 4 nitrogen and oxygen atoms in total. The number of thioether (sulfide) groups is 1. The van der Waals surface area contributed by atoms with E-state index in [-0.39, 0.29) is 17.8 Å². The van der Waals surface area contributed by atoms with Gasteiger partial charge in [0.2, 0.25) is 5.91 Å². The Labute approximate surface area is 129 Å². The van der Waals surface area contributed by atoms with Gasteiger partial charge in [-0.25, -0.2) is 0 Å². The van der Waals surface area contributed by atoms with Crippen LogP contribution in [0.3, 0.4) is 0 Å². The van der Waals surface area contributed by atoms with E-state index in [2.05, 4.69) is 31.2 Å². The van der Waals surface area contributed by atoms with Gasteiger partial charge in [0.25, 0.3) is 0 Å². The first kappa shape index (κ1) is 15.9. The maximum absolute atomic E-state index is 12.1. The lowest BCUT2D eigenvalue weighted by atomic mass is 10.1. The number of benzene rings is 1. The van der Waals surface area contributed by atoms with Gasteiger partial charge >= 0.3 is 5.97 Å². The number of hydrogen-bond acceptors (Lipinski definition) is 4. The number of carbonyl (C=O) groups excluding carboxylic acids is 2. The first-order chi connectivity index (χ1) is 10.1. The maximum atomic E-state index is 12.1. The minimum Gasteiger partial charge on any atom is -0.469 e. The van der Waals surface area contributed by atoms with E-state index in [1.807, 2.05) is 0 Å². The molecule has 1 fully saturated rings. The first-order valence-corrected chi connectivity index (χ1v) is 8.14. The molecule has 0 saturated carbocycles. The van der Waals surface area contributed by atoms with E-state index in [1.54, 1.807) is 16.7 Å². The van der Waals surface area contributed by atoms with E-state index in [0.29, 0.717) is 25.9 Å². The zero-order valence-corrected chi connectivity index (χ0v) is 13.3. The van der Waals surface area contributed by atoms with Crippen LogP contribution in [-0.4, -0.2) is 42.7 Å². The lowest BCUT2D eigenvalue weighted by Gasteiger charge is -2.15. The predicted octanol–water partition coefficient (Wildman–Crippen LogP) is 2.50. The van der Waals surface area contributed by atoms with Crippen LogP contribution in [-0.2, 0) is 14.3 Å². The van der Waals surface area contributed by atoms with Gasteiger partial charge in [0, 0.05) is 30.2 Å². The SMILES string of the molecule is COC(=O)C1CCN(C(=O)CCSc2ccc(C)cc2)C1. The Balaban J connectivity index is 1.73. The van der Waals surface area contributed by atoms with E-state index >= 15 is 0 Å². The van der Waals surface area contributed by atoms with Crippen molar-refractivity contribution in [2.24, 2.45) is 5.92 Å². The number of likely N-dealkylation sites (tertiary alicyclic amines) is 1. The van der Waals surface area contributed by atoms with Crippen LogP contribution in [0.5, 0.6) is 0 Å². The topological polar surface area (TPSA) is 46.6 Å². The van der Waals surface area contributed by atoms with Gasteiger partial charge in [-0.15, -0.1) is 11.8 Å². The third-order valence-corrected chi connectivity index (χ3v) is 4.69. The van der Waals surface area contributed by atoms with Crippen molar-refractivity contribution < 1.29 is 14.3 Å². The molecule has 1 aromatic carbocycles. The Bertz CT molecular complexity index is 501. The Morgan fingerprint density at radius 1 is 1.33 bits per heavy atom. The quantitative estimate of drug-likeness (QED) is 0.619. The van der Waals surface area contributed by atoms with Crippen LogP contribution in [0.15, 0.2) is 29.2 Å². The van der Waals surface area contributed by atoms with Crippen LogP contribution in [0.1, 0.15) is 18.4 Å². The van der Waals surface area contributed by atoms with Crippen LogP contribution in [0, 0.1) is 12.8 Å². The fraction of sp³-hybridized carbons (Fsp3) is 0.500. The van der Waals surface area contributed by atoms with Crippen molar-refractivity contribution in [3.05, 3.63) is 29.8 Å². The lowest BCUT2D eigenvalue weighted by Crippen LogP contribution is -2.30. The molecule has 21 heavy (non-hydrogen) atoms. The second-order valence-electron chi connectivity index (χ2n) is 5.26. The van der Waals surface area contributed by atoms with Gasteiger partial charge in [-0.3, -0.25) is 9.59 Å². The molecular weight excluding hydrogens is 286 g/mol. The minimum absolute atomic E-state index is 0.126. The van der Waals surface area contributed by atoms with Crippen molar-refractivity contribution in [1.82, 2.24) is 4.90 Å². The average Bonchev–Trinajstić information content (AvgIpc) is 2.98. The van der Waals surface area contributed by atoms with E-state index in [1.165, 1.54) is 17.6 Å². The molecule has 2 rings (SSSR count). The molecule has 0 N–H and O–H groups in total. The van der Waals surface area contributed by atoms with Crippen molar-refractivity contribution in [2.45, 2.75) is 24.7 Å². The standard InChI is InChI=1S/C16H21NO3S/c1-12-3-5-14(6-4-12)21-10-8-15(18)17-9-7-13(11-17)16(19)20-2/h3-6,13H,7-11H2,1-2H3. The molecule has 1 atom stereocenters. The Hall–Kier alpha value is -1.49. The van der Waals surface area contributed by atoms with Crippen LogP contribution in [0.2, 0.25) is 0 Å². The third-order valence-electron chi connectivity index (χ3n) is 3.68. The summed E-state index contributed by atoms with van der Waals surface area (Å²) in [6.07, 6.45) is 1.22. The molecule has 5 heteroatoms. The van der Waals surface area contributed by atoms with Crippen LogP contribution >= 0.6 is 11.8 Å². The second-order valence-corrected chi connectivity index (χ2v) is 6.43. The summed E-state index contributed by atoms with van der Waals surface area (Å²) in [6, 6.07) is 8.30. The molecule has 1 saturated heterocycles. The van der Waals surface area contributed by atoms with E-state index in [4.69, 9.17) is 4.74 Å². The molecule has 0 aromatic heterocycles. The van der Waals surface area contributed by atoms with Crippen molar-refractivity contribution in [3.8, 4) is 0 Å². The highest BCUT2D eigenvalue weighted by Crippen LogP contribution is 2.22. The van der Waals surface area contributed by atoms with Crippen LogP contribution < -0.4 is 0 Å². The molecule has 1 amide bonds. The summed E-state index contributed by atoms with van der Waals surface area (Å²) in [4.78, 5) is 26.5. The zero-order valence-electron chi connectivity index (χ0n) is 12.5. The minimum atomic E-state index is -0.209. The number of carbonyl (C=O) groups is 2. The smallest absolute Gasteiger partial charge is 0.310 e. The van der Waals surface area contributed by atoms with E-state index < -0.39 is 0 Å². The third kappa shape index (κ3) is 4.49. The normalized spacial score (nSPS) is 17.8. The molecular formula is C16H21NO3S. The average molecular weight is 307 g/mol. The van der Waals surface area contributed by atoms with Gasteiger partial charge in [-0.1, -0.05) is 17.7 Å². The Morgan fingerprint density at radius 2 is 2.05 bits per heavy atom. The molecule has 1 heterocycles. The van der Waals surface area contributed by atoms with Crippen molar-refractivity contribution in [3.63, 3.8) is 0 Å². The molecule has 0 radical (unpaired) electrons. The highest BCUT2D eigenvalue weighted by atomic mass is 32.2. The summed E-state index contributed by atoms with van der Waals surface area (Å²) in [6.45, 7) is 3.22. The largest absolute Gasteiger partial charge is 0.469 e. The molecule has 1 aliphatic rings. The molecule has 0 spiro atoms. The lowest BCUT2D eigenvalue weighted by molar-refractivity contribution is -0.145. The summed E-state index contributed by atoms with van der Waals surface area (Å²) in [7, 11) is 1.39. The summed E-state index contributed by atoms with van der Waals surface area (Å²) in [5.41, 5.74) is 1.24. The predicted molar refractivity (Wildman–Crippen MR) is 83.2 cm³/mol. The highest BCUT2D eigenvalue weighted by molar-refractivity contribution is 7.99. The second kappa shape index (κ2) is 7.50. The molecule has 0 bridgehead atoms. The molecule has 1 aromatic rings. The number of ether oxygens (including phenoxy) is 1. The van der Waals surface area contributed by atoms with Crippen molar-refractivity contribution in [1.29, 1.82) is 0 Å². The number of hydrogen-bond donors (Lipinski definition) is 0. The van der Waals surface area contributed by atoms with Crippen LogP contribution in [0.25, 0.3) is 0 Å². The van der Waals surface area contributed by atoms with Crippen molar-refractivity contribution >= 4 is 23.6 Å². The number of rotatable bonds is 5. The molecule has 1 unspecified atom stereocenters. The van der Waals surface area contributed by atoms with E-state index in [0.717, 1.165) is 5.75 Å². The monoisotopic (exact) mass is 307 g/mol. The molecule has 114 valence electrons. The number of esters is 1. The highest BCUT2D eigenvalue weighted by Gasteiger charge is 2.31. The number of amides is 1. The van der Waals surface area contributed by atoms with Crippen molar-refractivity contribution in [2.75, 3.05) is 26.0 Å². The van der Waals surface area contributed by atoms with Gasteiger partial charge in [0.05, 0.1) is 13.0 Å². The van der Waals surface area contributed by atoms with E-state index in [9.17, 15) is 9.59 Å². The van der Waals surface area contributed by atoms with Gasteiger partial charge in [-0.2, -0.15) is 0 Å². The zero-order chi connectivity index (χ0) is 15.2. The van der Waals surface area contributed by atoms with Gasteiger partial charge in [0.15, 0.2) is 0 Å². The fourth-order valence-corrected chi connectivity index (χ4v) is 3.24. The summed E-state index contributed by atoms with van der Waals surface area (Å²) in [5, 5.41) is 0. The molecule has 1 aliphatic heterocycles. The van der Waals surface area contributed by atoms with Crippen LogP contribution in [0.4, 0.5) is 0 Å². The number of aryl methyl sites for hydroxylation is 1. The van der Waals surface area contributed by atoms with Gasteiger partial charge in [0.1, 0.15) is 0 Å². The fourth-order valence-electron chi connectivity index (χ4n) is 2.39. The summed E-state index contributed by atoms with van der Waals surface area (Å²) < 4.78 is 4.73. The van der Waals surface area contributed by atoms with Gasteiger partial charge < -0.3 is 9.64 Å². The first-order valence-electron chi connectivity index (χ1n) is 7.15. The Kier molecular flexibility index (Phi) is 5.67. The van der Waals surface area contributed by atoms with Gasteiger partial charge in [-0.05, 0) is 25.5 Å². The summed E-state index contributed by atoms with van der Waals surface area (Å²) >= 11 is 1.69. The maximum Gasteiger partial charge on any atom is 0.310 e. The summed E-state index contributed by atoms with van der Waals surface area (Å²) in [5.74, 6) is 0.533.